The van der Waals surface area contributed by atoms with Crippen molar-refractivity contribution in [1.29, 1.82) is 0 Å². The lowest BCUT2D eigenvalue weighted by Crippen LogP contribution is -2.29. The smallest absolute Gasteiger partial charge is 0.295 e. The second-order valence-corrected chi connectivity index (χ2v) is 8.81. The van der Waals surface area contributed by atoms with Gasteiger partial charge in [0, 0.05) is 11.1 Å². The van der Waals surface area contributed by atoms with Gasteiger partial charge in [-0.3, -0.25) is 9.59 Å². The summed E-state index contributed by atoms with van der Waals surface area (Å²) in [6, 6.07) is 27.1. The number of Topliss-reactive ketones (excluding diaryl/α,β-unsaturated/α-hetero) is 1. The van der Waals surface area contributed by atoms with Crippen LogP contribution < -0.4 is 9.47 Å². The molecular weight excluding hydrogens is 466 g/mol. The molecule has 0 saturated carbocycles. The maximum Gasteiger partial charge on any atom is 0.295 e. The zero-order valence-electron chi connectivity index (χ0n) is 20.7. The number of carbonyl (C=O) groups excluding carboxylic acids is 2. The van der Waals surface area contributed by atoms with E-state index < -0.39 is 17.7 Å². The van der Waals surface area contributed by atoms with E-state index >= 15 is 0 Å². The molecule has 37 heavy (non-hydrogen) atoms. The molecule has 1 unspecified atom stereocenters. The van der Waals surface area contributed by atoms with Gasteiger partial charge in [0.05, 0.1) is 31.9 Å². The van der Waals surface area contributed by atoms with Crippen molar-refractivity contribution in [1.82, 2.24) is 4.90 Å². The van der Waals surface area contributed by atoms with E-state index in [0.717, 1.165) is 16.3 Å². The molecule has 0 aliphatic carbocycles. The number of para-hydroxylation sites is 1. The van der Waals surface area contributed by atoms with Crippen LogP contribution in [0, 0.1) is 0 Å². The highest BCUT2D eigenvalue weighted by molar-refractivity contribution is 6.46. The Morgan fingerprint density at radius 1 is 0.892 bits per heavy atom. The molecular formula is C31H27NO5. The first-order valence-electron chi connectivity index (χ1n) is 12.1. The molecule has 1 N–H and O–H groups in total. The van der Waals surface area contributed by atoms with Crippen molar-refractivity contribution in [3.8, 4) is 11.5 Å². The molecule has 186 valence electrons. The minimum atomic E-state index is -0.809. The molecule has 1 atom stereocenters. The number of aliphatic hydroxyl groups is 1. The highest BCUT2D eigenvalue weighted by atomic mass is 16.5. The summed E-state index contributed by atoms with van der Waals surface area (Å²) in [5.74, 6) is -0.389. The van der Waals surface area contributed by atoms with Crippen LogP contribution >= 0.6 is 0 Å². The quantitative estimate of drug-likeness (QED) is 0.198. The van der Waals surface area contributed by atoms with Gasteiger partial charge in [-0.15, -0.1) is 0 Å². The molecule has 6 nitrogen and oxygen atoms in total. The van der Waals surface area contributed by atoms with Crippen LogP contribution in [-0.4, -0.2) is 35.4 Å². The Balaban J connectivity index is 1.67. The maximum atomic E-state index is 13.5. The zero-order valence-corrected chi connectivity index (χ0v) is 20.7. The normalized spacial score (nSPS) is 16.8. The summed E-state index contributed by atoms with van der Waals surface area (Å²) in [6.45, 7) is 2.49. The third-order valence-corrected chi connectivity index (χ3v) is 6.58. The average molecular weight is 494 g/mol. The number of nitrogens with zero attached hydrogens (tertiary/aromatic N) is 1. The fraction of sp³-hybridized carbons (Fsp3) is 0.161. The van der Waals surface area contributed by atoms with E-state index in [1.807, 2.05) is 91.9 Å². The number of fused-ring (bicyclic) bond motifs is 1. The number of methoxy groups -OCH3 is 1. The van der Waals surface area contributed by atoms with Gasteiger partial charge < -0.3 is 19.5 Å². The molecule has 0 aromatic heterocycles. The molecule has 1 fully saturated rings. The number of ketones is 1. The summed E-state index contributed by atoms with van der Waals surface area (Å²) >= 11 is 0. The van der Waals surface area contributed by atoms with Gasteiger partial charge in [0.1, 0.15) is 17.3 Å². The van der Waals surface area contributed by atoms with Crippen LogP contribution in [0.15, 0.2) is 96.6 Å². The number of rotatable bonds is 7. The van der Waals surface area contributed by atoms with Crippen LogP contribution in [0.3, 0.4) is 0 Å². The topological polar surface area (TPSA) is 76.1 Å². The van der Waals surface area contributed by atoms with Gasteiger partial charge in [-0.05, 0) is 47.5 Å². The zero-order chi connectivity index (χ0) is 25.9. The van der Waals surface area contributed by atoms with Gasteiger partial charge in [0.15, 0.2) is 0 Å². The summed E-state index contributed by atoms with van der Waals surface area (Å²) in [6.07, 6.45) is 0. The third kappa shape index (κ3) is 4.54. The van der Waals surface area contributed by atoms with E-state index in [0.29, 0.717) is 29.2 Å². The number of hydrogen-bond acceptors (Lipinski definition) is 5. The van der Waals surface area contributed by atoms with Gasteiger partial charge in [0.2, 0.25) is 0 Å². The van der Waals surface area contributed by atoms with Crippen molar-refractivity contribution in [3.63, 3.8) is 0 Å². The first-order valence-corrected chi connectivity index (χ1v) is 12.1. The molecule has 1 amide bonds. The Kier molecular flexibility index (Phi) is 6.64. The van der Waals surface area contributed by atoms with E-state index in [9.17, 15) is 14.7 Å². The second kappa shape index (κ2) is 10.2. The molecule has 4 aromatic carbocycles. The van der Waals surface area contributed by atoms with Crippen molar-refractivity contribution in [3.05, 3.63) is 113 Å². The van der Waals surface area contributed by atoms with Crippen molar-refractivity contribution in [2.45, 2.75) is 19.5 Å². The van der Waals surface area contributed by atoms with Gasteiger partial charge in [0.25, 0.3) is 11.7 Å². The molecule has 1 aliphatic rings. The minimum absolute atomic E-state index is 0.0452. The third-order valence-electron chi connectivity index (χ3n) is 6.58. The fourth-order valence-electron chi connectivity index (χ4n) is 4.84. The van der Waals surface area contributed by atoms with E-state index in [4.69, 9.17) is 9.47 Å². The van der Waals surface area contributed by atoms with Gasteiger partial charge in [-0.25, -0.2) is 0 Å². The average Bonchev–Trinajstić information content (AvgIpc) is 3.18. The number of ether oxygens (including phenoxy) is 2. The highest BCUT2D eigenvalue weighted by Gasteiger charge is 2.46. The molecule has 0 spiro atoms. The predicted octanol–water partition coefficient (Wildman–Crippen LogP) is 5.87. The molecule has 0 bridgehead atoms. The van der Waals surface area contributed by atoms with Crippen molar-refractivity contribution >= 4 is 28.2 Å². The Morgan fingerprint density at radius 3 is 2.43 bits per heavy atom. The Morgan fingerprint density at radius 2 is 1.65 bits per heavy atom. The molecule has 0 radical (unpaired) electrons. The van der Waals surface area contributed by atoms with E-state index in [2.05, 4.69) is 0 Å². The van der Waals surface area contributed by atoms with Gasteiger partial charge in [-0.1, -0.05) is 66.7 Å². The SMILES string of the molecule is CCOc1cccc(C2/C(=C(/O)c3ccc4ccccc4c3)C(=O)C(=O)N2Cc2ccccc2OC)c1. The lowest BCUT2D eigenvalue weighted by atomic mass is 9.94. The van der Waals surface area contributed by atoms with Crippen LogP contribution in [0.5, 0.6) is 11.5 Å². The van der Waals surface area contributed by atoms with E-state index in [-0.39, 0.29) is 17.9 Å². The molecule has 1 saturated heterocycles. The number of benzene rings is 4. The summed E-state index contributed by atoms with van der Waals surface area (Å²) in [5.41, 5.74) is 1.94. The summed E-state index contributed by atoms with van der Waals surface area (Å²) < 4.78 is 11.2. The van der Waals surface area contributed by atoms with Crippen LogP contribution in [0.4, 0.5) is 0 Å². The first kappa shape index (κ1) is 24.1. The molecule has 5 rings (SSSR count). The van der Waals surface area contributed by atoms with E-state index in [1.165, 1.54) is 4.90 Å². The van der Waals surface area contributed by atoms with Crippen LogP contribution in [0.25, 0.3) is 16.5 Å². The van der Waals surface area contributed by atoms with Crippen LogP contribution in [0.1, 0.15) is 29.7 Å². The van der Waals surface area contributed by atoms with Crippen molar-refractivity contribution in [2.24, 2.45) is 0 Å². The molecule has 1 heterocycles. The Labute approximate surface area is 215 Å². The standard InChI is InChI=1S/C31H27NO5/c1-3-37-25-13-8-12-22(18-25)28-27(29(33)23-16-15-20-9-4-5-10-21(20)17-23)30(34)31(35)32(28)19-24-11-6-7-14-26(24)36-2/h4-18,28,33H,3,19H2,1-2H3/b29-27-. The molecule has 4 aromatic rings. The minimum Gasteiger partial charge on any atom is -0.507 e. The monoisotopic (exact) mass is 493 g/mol. The van der Waals surface area contributed by atoms with Gasteiger partial charge in [-0.2, -0.15) is 0 Å². The maximum absolute atomic E-state index is 13.5. The Hall–Kier alpha value is -4.58. The highest BCUT2D eigenvalue weighted by Crippen LogP contribution is 2.42. The summed E-state index contributed by atoms with van der Waals surface area (Å²) in [5, 5.41) is 13.4. The van der Waals surface area contributed by atoms with Gasteiger partial charge >= 0.3 is 0 Å². The first-order chi connectivity index (χ1) is 18.0. The number of likely N-dealkylation sites (tertiary alicyclic amines) is 1. The lowest BCUT2D eigenvalue weighted by molar-refractivity contribution is -0.140. The van der Waals surface area contributed by atoms with Crippen molar-refractivity contribution < 1.29 is 24.2 Å². The number of amides is 1. The van der Waals surface area contributed by atoms with Crippen molar-refractivity contribution in [2.75, 3.05) is 13.7 Å². The predicted molar refractivity (Wildman–Crippen MR) is 142 cm³/mol. The fourth-order valence-corrected chi connectivity index (χ4v) is 4.84. The van der Waals surface area contributed by atoms with Crippen LogP contribution in [0.2, 0.25) is 0 Å². The molecule has 1 aliphatic heterocycles. The number of carbonyl (C=O) groups is 2. The molecule has 6 heteroatoms. The number of aliphatic hydroxyl groups excluding tert-OH is 1. The summed E-state index contributed by atoms with van der Waals surface area (Å²) in [7, 11) is 1.57. The van der Waals surface area contributed by atoms with Crippen LogP contribution in [-0.2, 0) is 16.1 Å². The lowest BCUT2D eigenvalue weighted by Gasteiger charge is -2.26. The Bertz CT molecular complexity index is 1520. The largest absolute Gasteiger partial charge is 0.507 e. The van der Waals surface area contributed by atoms with E-state index in [1.54, 1.807) is 13.2 Å². The number of hydrogen-bond donors (Lipinski definition) is 1. The second-order valence-electron chi connectivity index (χ2n) is 8.81. The summed E-state index contributed by atoms with van der Waals surface area (Å²) in [4.78, 5) is 28.4.